The summed E-state index contributed by atoms with van der Waals surface area (Å²) in [6, 6.07) is 15.9. The van der Waals surface area contributed by atoms with Gasteiger partial charge in [0.1, 0.15) is 0 Å². The van der Waals surface area contributed by atoms with Crippen molar-refractivity contribution in [3.05, 3.63) is 77.9 Å². The Hall–Kier alpha value is -2.84. The molecule has 0 fully saturated rings. The van der Waals surface area contributed by atoms with Gasteiger partial charge in [-0.15, -0.1) is 0 Å². The first-order valence-electron chi connectivity index (χ1n) is 7.17. The van der Waals surface area contributed by atoms with Gasteiger partial charge in [-0.2, -0.15) is 0 Å². The van der Waals surface area contributed by atoms with Gasteiger partial charge in [-0.25, -0.2) is 12.7 Å². The summed E-state index contributed by atoms with van der Waals surface area (Å²) in [5.41, 5.74) is 1.59. The molecule has 122 valence electrons. The number of para-hydroxylation sites is 1. The molecule has 0 spiro atoms. The third-order valence-electron chi connectivity index (χ3n) is 3.12. The van der Waals surface area contributed by atoms with Crippen LogP contribution < -0.4 is 4.31 Å². The molecule has 2 aromatic carbocycles. The predicted molar refractivity (Wildman–Crippen MR) is 96.0 cm³/mol. The molecule has 2 rings (SSSR count). The van der Waals surface area contributed by atoms with Gasteiger partial charge in [0.25, 0.3) is 5.91 Å². The molecule has 4 nitrogen and oxygen atoms in total. The zero-order valence-electron chi connectivity index (χ0n) is 13.5. The molecule has 0 aromatic heterocycles. The number of rotatable bonds is 3. The van der Waals surface area contributed by atoms with Crippen LogP contribution in [0.15, 0.2) is 66.7 Å². The van der Waals surface area contributed by atoms with E-state index >= 15 is 0 Å². The zero-order chi connectivity index (χ0) is 17.7. The van der Waals surface area contributed by atoms with Crippen molar-refractivity contribution in [3.63, 3.8) is 0 Å². The van der Waals surface area contributed by atoms with Crippen LogP contribution in [0, 0.1) is 11.8 Å². The average Bonchev–Trinajstić information content (AvgIpc) is 2.53. The second-order valence-electron chi connectivity index (χ2n) is 5.25. The Morgan fingerprint density at radius 3 is 2.17 bits per heavy atom. The normalized spacial score (nSPS) is 10.4. The maximum absolute atomic E-state index is 12.3. The summed E-state index contributed by atoms with van der Waals surface area (Å²) < 4.78 is 25.0. The number of anilines is 1. The lowest BCUT2D eigenvalue weighted by atomic mass is 10.1. The summed E-state index contributed by atoms with van der Waals surface area (Å²) in [5, 5.41) is 0. The first kappa shape index (κ1) is 17.5. The molecule has 5 heteroatoms. The first-order chi connectivity index (χ1) is 11.3. The number of carbonyl (C=O) groups is 1. The largest absolute Gasteiger partial charge is 0.268 e. The van der Waals surface area contributed by atoms with E-state index in [2.05, 4.69) is 18.4 Å². The summed E-state index contributed by atoms with van der Waals surface area (Å²) >= 11 is 0. The summed E-state index contributed by atoms with van der Waals surface area (Å²) in [5.74, 6) is 5.23. The van der Waals surface area contributed by atoms with Crippen molar-refractivity contribution in [3.8, 4) is 11.8 Å². The standard InChI is InChI=1S/C19H17NO3S/c1-15(2)19(21)20(24(3,22)23)18-12-8-7-11-17(18)14-13-16-9-5-4-6-10-16/h4-12H,1H2,2-3H3. The number of sulfonamides is 1. The molecule has 0 N–H and O–H groups in total. The molecule has 1 amide bonds. The molecule has 24 heavy (non-hydrogen) atoms. The lowest BCUT2D eigenvalue weighted by Gasteiger charge is -2.21. The van der Waals surface area contributed by atoms with Crippen LogP contribution in [-0.2, 0) is 14.8 Å². The van der Waals surface area contributed by atoms with Crippen LogP contribution in [0.25, 0.3) is 0 Å². The summed E-state index contributed by atoms with van der Waals surface area (Å²) in [7, 11) is -3.81. The highest BCUT2D eigenvalue weighted by molar-refractivity contribution is 7.92. The number of carbonyl (C=O) groups excluding carboxylic acids is 1. The van der Waals surface area contributed by atoms with Crippen molar-refractivity contribution in [2.24, 2.45) is 0 Å². The predicted octanol–water partition coefficient (Wildman–Crippen LogP) is 2.96. The first-order valence-corrected chi connectivity index (χ1v) is 9.02. The molecule has 0 unspecified atom stereocenters. The molecule has 0 aliphatic carbocycles. The van der Waals surface area contributed by atoms with Gasteiger partial charge in [-0.1, -0.05) is 48.8 Å². The lowest BCUT2D eigenvalue weighted by Crippen LogP contribution is -2.37. The summed E-state index contributed by atoms with van der Waals surface area (Å²) in [4.78, 5) is 12.3. The molecular weight excluding hydrogens is 322 g/mol. The molecule has 0 bridgehead atoms. The number of amides is 1. The molecule has 0 saturated carbocycles. The molecule has 0 aliphatic rings. The number of benzene rings is 2. The zero-order valence-corrected chi connectivity index (χ0v) is 14.3. The highest BCUT2D eigenvalue weighted by Gasteiger charge is 2.27. The van der Waals surface area contributed by atoms with Gasteiger partial charge in [0.2, 0.25) is 10.0 Å². The van der Waals surface area contributed by atoms with E-state index in [4.69, 9.17) is 0 Å². The van der Waals surface area contributed by atoms with Crippen LogP contribution in [0.5, 0.6) is 0 Å². The Morgan fingerprint density at radius 1 is 1.00 bits per heavy atom. The minimum Gasteiger partial charge on any atom is -0.268 e. The maximum atomic E-state index is 12.3. The molecule has 0 atom stereocenters. The van der Waals surface area contributed by atoms with Crippen molar-refractivity contribution in [1.82, 2.24) is 0 Å². The SMILES string of the molecule is C=C(C)C(=O)N(c1ccccc1C#Cc1ccccc1)S(C)(=O)=O. The van der Waals surface area contributed by atoms with Gasteiger partial charge < -0.3 is 0 Å². The second-order valence-corrected chi connectivity index (χ2v) is 7.08. The Labute approximate surface area is 142 Å². The number of nitrogens with zero attached hydrogens (tertiary/aromatic N) is 1. The van der Waals surface area contributed by atoms with Crippen LogP contribution in [-0.4, -0.2) is 20.6 Å². The van der Waals surface area contributed by atoms with Crippen molar-refractivity contribution in [2.75, 3.05) is 10.6 Å². The lowest BCUT2D eigenvalue weighted by molar-refractivity contribution is -0.113. The Balaban J connectivity index is 2.57. The quantitative estimate of drug-likeness (QED) is 0.638. The Bertz CT molecular complexity index is 935. The van der Waals surface area contributed by atoms with E-state index in [0.717, 1.165) is 16.1 Å². The monoisotopic (exact) mass is 339 g/mol. The molecule has 0 radical (unpaired) electrons. The van der Waals surface area contributed by atoms with Crippen LogP contribution in [0.1, 0.15) is 18.1 Å². The second kappa shape index (κ2) is 7.16. The fourth-order valence-electron chi connectivity index (χ4n) is 2.03. The number of hydrogen-bond donors (Lipinski definition) is 0. The van der Waals surface area contributed by atoms with Gasteiger partial charge in [0, 0.05) is 16.7 Å². The summed E-state index contributed by atoms with van der Waals surface area (Å²) in [6.45, 7) is 5.02. The smallest absolute Gasteiger partial charge is 0.267 e. The van der Waals surface area contributed by atoms with Crippen molar-refractivity contribution in [2.45, 2.75) is 6.92 Å². The van der Waals surface area contributed by atoms with E-state index in [1.807, 2.05) is 30.3 Å². The van der Waals surface area contributed by atoms with Crippen molar-refractivity contribution >= 4 is 21.6 Å². The van der Waals surface area contributed by atoms with Gasteiger partial charge in [-0.3, -0.25) is 4.79 Å². The van der Waals surface area contributed by atoms with Gasteiger partial charge in [0.15, 0.2) is 0 Å². The van der Waals surface area contributed by atoms with Gasteiger partial charge in [0.05, 0.1) is 11.9 Å². The molecule has 0 heterocycles. The third-order valence-corrected chi connectivity index (χ3v) is 4.15. The van der Waals surface area contributed by atoms with Crippen molar-refractivity contribution < 1.29 is 13.2 Å². The van der Waals surface area contributed by atoms with E-state index in [1.54, 1.807) is 24.3 Å². The molecule has 0 saturated heterocycles. The highest BCUT2D eigenvalue weighted by atomic mass is 32.2. The molecular formula is C19H17NO3S. The minimum absolute atomic E-state index is 0.131. The summed E-state index contributed by atoms with van der Waals surface area (Å²) in [6.07, 6.45) is 0.981. The van der Waals surface area contributed by atoms with E-state index in [9.17, 15) is 13.2 Å². The van der Waals surface area contributed by atoms with Gasteiger partial charge >= 0.3 is 0 Å². The topological polar surface area (TPSA) is 54.5 Å². The van der Waals surface area contributed by atoms with E-state index in [-0.39, 0.29) is 11.3 Å². The fourth-order valence-corrected chi connectivity index (χ4v) is 3.00. The van der Waals surface area contributed by atoms with Crippen molar-refractivity contribution in [1.29, 1.82) is 0 Å². The maximum Gasteiger partial charge on any atom is 0.267 e. The Morgan fingerprint density at radius 2 is 1.58 bits per heavy atom. The third kappa shape index (κ3) is 4.12. The van der Waals surface area contributed by atoms with E-state index < -0.39 is 15.9 Å². The van der Waals surface area contributed by atoms with Crippen LogP contribution in [0.2, 0.25) is 0 Å². The van der Waals surface area contributed by atoms with E-state index in [0.29, 0.717) is 5.56 Å². The minimum atomic E-state index is -3.81. The van der Waals surface area contributed by atoms with Gasteiger partial charge in [-0.05, 0) is 31.2 Å². The van der Waals surface area contributed by atoms with Crippen LogP contribution in [0.3, 0.4) is 0 Å². The van der Waals surface area contributed by atoms with E-state index in [1.165, 1.54) is 6.92 Å². The average molecular weight is 339 g/mol. The molecule has 0 aliphatic heterocycles. The fraction of sp³-hybridized carbons (Fsp3) is 0.105. The number of hydrogen-bond acceptors (Lipinski definition) is 3. The highest BCUT2D eigenvalue weighted by Crippen LogP contribution is 2.24. The molecule has 2 aromatic rings. The Kier molecular flexibility index (Phi) is 5.22. The van der Waals surface area contributed by atoms with Crippen LogP contribution in [0.4, 0.5) is 5.69 Å². The van der Waals surface area contributed by atoms with Crippen LogP contribution >= 0.6 is 0 Å².